The number of aldehydes is 1. The summed E-state index contributed by atoms with van der Waals surface area (Å²) in [4.78, 5) is 16.8. The van der Waals surface area contributed by atoms with E-state index in [0.717, 1.165) is 18.5 Å². The smallest absolute Gasteiger partial charge is 0.167 e. The molecule has 0 spiro atoms. The minimum absolute atomic E-state index is 0. The molecule has 1 aromatic rings. The topological polar surface area (TPSA) is 45.8 Å². The lowest BCUT2D eigenvalue weighted by molar-refractivity contribution is 0.111. The number of imidazole rings is 1. The van der Waals surface area contributed by atoms with Crippen LogP contribution in [0.5, 0.6) is 0 Å². The van der Waals surface area contributed by atoms with Crippen LogP contribution >= 0.6 is 0 Å². The molecule has 50 valence electrons. The molecule has 0 aliphatic heterocycles. The van der Waals surface area contributed by atoms with Gasteiger partial charge in [-0.05, 0) is 0 Å². The number of nitrogens with zero attached hydrogens (tertiary/aromatic N) is 1. The first-order chi connectivity index (χ1) is 4.36. The zero-order valence-electron chi connectivity index (χ0n) is 5.22. The Balaban J connectivity index is 0.000000810. The van der Waals surface area contributed by atoms with Crippen LogP contribution in [0.2, 0.25) is 0 Å². The van der Waals surface area contributed by atoms with Gasteiger partial charge in [0.25, 0.3) is 0 Å². The molecule has 3 heteroatoms. The third kappa shape index (κ3) is 1.16. The van der Waals surface area contributed by atoms with E-state index in [-0.39, 0.29) is 1.43 Å². The largest absolute Gasteiger partial charge is 0.340 e. The zero-order chi connectivity index (χ0) is 6.69. The first-order valence-corrected chi connectivity index (χ1v) is 2.86. The van der Waals surface area contributed by atoms with Gasteiger partial charge in [-0.3, -0.25) is 4.79 Å². The molecule has 3 nitrogen and oxygen atoms in total. The van der Waals surface area contributed by atoms with Crippen LogP contribution in [-0.2, 0) is 6.42 Å². The van der Waals surface area contributed by atoms with Gasteiger partial charge in [-0.25, -0.2) is 4.98 Å². The number of carbonyl (C=O) groups excluding carboxylic acids is 1. The Morgan fingerprint density at radius 1 is 2.00 bits per heavy atom. The summed E-state index contributed by atoms with van der Waals surface area (Å²) in [5.74, 6) is 0.858. The van der Waals surface area contributed by atoms with E-state index in [0.29, 0.717) is 5.69 Å². The van der Waals surface area contributed by atoms with E-state index in [2.05, 4.69) is 9.97 Å². The number of hydrogen-bond donors (Lipinski definition) is 1. The van der Waals surface area contributed by atoms with E-state index >= 15 is 0 Å². The molecule has 0 fully saturated rings. The van der Waals surface area contributed by atoms with Crippen molar-refractivity contribution in [1.29, 1.82) is 0 Å². The van der Waals surface area contributed by atoms with Crippen LogP contribution in [0.3, 0.4) is 0 Å². The van der Waals surface area contributed by atoms with Crippen LogP contribution in [0, 0.1) is 0 Å². The van der Waals surface area contributed by atoms with Gasteiger partial charge in [-0.2, -0.15) is 0 Å². The summed E-state index contributed by atoms with van der Waals surface area (Å²) < 4.78 is 0. The fraction of sp³-hybridized carbons (Fsp3) is 0.333. The lowest BCUT2D eigenvalue weighted by Gasteiger charge is -1.81. The Morgan fingerprint density at radius 2 is 2.78 bits per heavy atom. The van der Waals surface area contributed by atoms with Gasteiger partial charge < -0.3 is 4.98 Å². The molecule has 0 aliphatic carbocycles. The van der Waals surface area contributed by atoms with Gasteiger partial charge >= 0.3 is 0 Å². The van der Waals surface area contributed by atoms with Gasteiger partial charge in [-0.15, -0.1) is 0 Å². The SMILES string of the molecule is CCc1ncc(C=O)[nH]1.[HH]. The highest BCUT2D eigenvalue weighted by atomic mass is 16.1. The maximum absolute atomic E-state index is 10.1. The maximum atomic E-state index is 10.1. The van der Waals surface area contributed by atoms with Gasteiger partial charge in [0.1, 0.15) is 5.82 Å². The fourth-order valence-electron chi connectivity index (χ4n) is 0.618. The highest BCUT2D eigenvalue weighted by molar-refractivity contribution is 5.71. The molecule has 1 rings (SSSR count). The van der Waals surface area contributed by atoms with E-state index in [4.69, 9.17) is 0 Å². The quantitative estimate of drug-likeness (QED) is 0.601. The van der Waals surface area contributed by atoms with Gasteiger partial charge in [0.15, 0.2) is 6.29 Å². The molecule has 0 unspecified atom stereocenters. The summed E-state index contributed by atoms with van der Waals surface area (Å²) >= 11 is 0. The van der Waals surface area contributed by atoms with Crippen molar-refractivity contribution in [2.24, 2.45) is 0 Å². The first kappa shape index (κ1) is 6.01. The second kappa shape index (κ2) is 2.44. The van der Waals surface area contributed by atoms with Gasteiger partial charge in [0.05, 0.1) is 11.9 Å². The summed E-state index contributed by atoms with van der Waals surface area (Å²) in [6, 6.07) is 0. The van der Waals surface area contributed by atoms with Crippen molar-refractivity contribution in [2.45, 2.75) is 13.3 Å². The molecule has 1 heterocycles. The molecule has 0 saturated carbocycles. The van der Waals surface area contributed by atoms with Crippen molar-refractivity contribution in [3.63, 3.8) is 0 Å². The number of carbonyl (C=O) groups is 1. The number of rotatable bonds is 2. The molecule has 1 aromatic heterocycles. The Morgan fingerprint density at radius 3 is 3.11 bits per heavy atom. The number of H-pyrrole nitrogens is 1. The predicted octanol–water partition coefficient (Wildman–Crippen LogP) is 1.03. The molecule has 0 amide bonds. The van der Waals surface area contributed by atoms with Gasteiger partial charge in [0, 0.05) is 7.85 Å². The number of hydrogen-bond acceptors (Lipinski definition) is 2. The molecule has 0 saturated heterocycles. The lowest BCUT2D eigenvalue weighted by atomic mass is 10.5. The highest BCUT2D eigenvalue weighted by Gasteiger charge is 1.93. The van der Waals surface area contributed by atoms with Crippen LogP contribution in [0.1, 0.15) is 24.7 Å². The van der Waals surface area contributed by atoms with Gasteiger partial charge in [-0.1, -0.05) is 6.92 Å². The predicted molar refractivity (Wildman–Crippen MR) is 35.5 cm³/mol. The minimum atomic E-state index is 0. The van der Waals surface area contributed by atoms with E-state index in [1.807, 2.05) is 6.92 Å². The monoisotopic (exact) mass is 126 g/mol. The standard InChI is InChI=1S/C6H8N2O.H2/c1-2-6-7-3-5(4-9)8-6;/h3-4H,2H2,1H3,(H,7,8);1H. The van der Waals surface area contributed by atoms with E-state index in [1.54, 1.807) is 0 Å². The zero-order valence-corrected chi connectivity index (χ0v) is 5.22. The minimum Gasteiger partial charge on any atom is -0.340 e. The second-order valence-corrected chi connectivity index (χ2v) is 1.76. The highest BCUT2D eigenvalue weighted by Crippen LogP contribution is 1.92. The summed E-state index contributed by atoms with van der Waals surface area (Å²) in [7, 11) is 0. The fourth-order valence-corrected chi connectivity index (χ4v) is 0.618. The number of aryl methyl sites for hydroxylation is 1. The summed E-state index contributed by atoms with van der Waals surface area (Å²) in [6.07, 6.45) is 3.13. The second-order valence-electron chi connectivity index (χ2n) is 1.76. The molecular weight excluding hydrogens is 116 g/mol. The molecule has 9 heavy (non-hydrogen) atoms. The van der Waals surface area contributed by atoms with Crippen molar-refractivity contribution in [3.8, 4) is 0 Å². The van der Waals surface area contributed by atoms with Crippen LogP contribution in [0.4, 0.5) is 0 Å². The Bertz CT molecular complexity index is 209. The van der Waals surface area contributed by atoms with Crippen molar-refractivity contribution in [1.82, 2.24) is 9.97 Å². The number of aromatic amines is 1. The molecule has 0 aliphatic rings. The van der Waals surface area contributed by atoms with Crippen LogP contribution in [0.15, 0.2) is 6.20 Å². The number of nitrogens with one attached hydrogen (secondary N) is 1. The Kier molecular flexibility index (Phi) is 1.63. The molecule has 0 aromatic carbocycles. The van der Waals surface area contributed by atoms with Crippen molar-refractivity contribution < 1.29 is 6.22 Å². The van der Waals surface area contributed by atoms with Crippen LogP contribution in [-0.4, -0.2) is 16.3 Å². The van der Waals surface area contributed by atoms with Crippen LogP contribution < -0.4 is 0 Å². The summed E-state index contributed by atoms with van der Waals surface area (Å²) in [5, 5.41) is 0. The maximum Gasteiger partial charge on any atom is 0.167 e. The van der Waals surface area contributed by atoms with Crippen molar-refractivity contribution >= 4 is 6.29 Å². The summed E-state index contributed by atoms with van der Waals surface area (Å²) in [6.45, 7) is 1.98. The molecule has 0 atom stereocenters. The normalized spacial score (nSPS) is 9.44. The van der Waals surface area contributed by atoms with Crippen molar-refractivity contribution in [3.05, 3.63) is 17.7 Å². The third-order valence-corrected chi connectivity index (χ3v) is 1.11. The number of aromatic nitrogens is 2. The van der Waals surface area contributed by atoms with Crippen LogP contribution in [0.25, 0.3) is 0 Å². The molecular formula is C6H10N2O. The van der Waals surface area contributed by atoms with E-state index < -0.39 is 0 Å². The lowest BCUT2D eigenvalue weighted by Crippen LogP contribution is -1.82. The average molecular weight is 126 g/mol. The molecule has 1 N–H and O–H groups in total. The molecule has 0 radical (unpaired) electrons. The van der Waals surface area contributed by atoms with E-state index in [1.165, 1.54) is 6.20 Å². The third-order valence-electron chi connectivity index (χ3n) is 1.11. The average Bonchev–Trinajstić information content (AvgIpc) is 2.34. The molecule has 0 bridgehead atoms. The van der Waals surface area contributed by atoms with E-state index in [9.17, 15) is 4.79 Å². The Hall–Kier alpha value is -1.12. The summed E-state index contributed by atoms with van der Waals surface area (Å²) in [5.41, 5.74) is 0.548. The van der Waals surface area contributed by atoms with Crippen molar-refractivity contribution in [2.75, 3.05) is 0 Å². The first-order valence-electron chi connectivity index (χ1n) is 2.86. The Labute approximate surface area is 54.6 Å². The van der Waals surface area contributed by atoms with Gasteiger partial charge in [0.2, 0.25) is 0 Å².